The van der Waals surface area contributed by atoms with Gasteiger partial charge in [-0.25, -0.2) is 13.6 Å². The van der Waals surface area contributed by atoms with E-state index in [9.17, 15) is 8.42 Å². The molecule has 0 amide bonds. The minimum Gasteiger partial charge on any atom is -0.355 e. The number of thioether (sulfide) groups is 1. The number of hydrogen-bond acceptors (Lipinski definition) is 4. The number of aliphatic imine (C=N–C) groups is 1. The summed E-state index contributed by atoms with van der Waals surface area (Å²) >= 11 is 2.00. The van der Waals surface area contributed by atoms with Crippen LogP contribution in [-0.4, -0.2) is 38.5 Å². The monoisotopic (exact) mass is 484 g/mol. The van der Waals surface area contributed by atoms with Crippen LogP contribution in [0.5, 0.6) is 0 Å². The van der Waals surface area contributed by atoms with E-state index in [0.717, 1.165) is 18.1 Å². The van der Waals surface area contributed by atoms with Gasteiger partial charge in [-0.3, -0.25) is 4.99 Å². The Morgan fingerprint density at radius 3 is 2.50 bits per heavy atom. The fourth-order valence-electron chi connectivity index (χ4n) is 2.45. The zero-order valence-electron chi connectivity index (χ0n) is 13.9. The van der Waals surface area contributed by atoms with Gasteiger partial charge >= 0.3 is 0 Å². The molecule has 6 nitrogen and oxygen atoms in total. The number of nitrogens with one attached hydrogen (secondary N) is 2. The maximum Gasteiger partial charge on any atom is 0.238 e. The Labute approximate surface area is 165 Å². The summed E-state index contributed by atoms with van der Waals surface area (Å²) in [5, 5.41) is 11.7. The minimum absolute atomic E-state index is 0. The van der Waals surface area contributed by atoms with Gasteiger partial charge in [-0.15, -0.1) is 24.0 Å². The molecule has 1 fully saturated rings. The molecule has 0 aromatic heterocycles. The van der Waals surface area contributed by atoms with E-state index >= 15 is 0 Å². The van der Waals surface area contributed by atoms with Crippen molar-refractivity contribution in [1.82, 2.24) is 10.6 Å². The molecule has 1 saturated heterocycles. The van der Waals surface area contributed by atoms with E-state index in [1.165, 1.54) is 30.7 Å². The third kappa shape index (κ3) is 6.41. The third-order valence-electron chi connectivity index (χ3n) is 3.87. The summed E-state index contributed by atoms with van der Waals surface area (Å²) in [6.45, 7) is 3.72. The lowest BCUT2D eigenvalue weighted by Crippen LogP contribution is -2.43. The first kappa shape index (κ1) is 21.5. The van der Waals surface area contributed by atoms with Crippen molar-refractivity contribution in [3.05, 3.63) is 29.8 Å². The molecule has 1 atom stereocenters. The molecule has 2 rings (SSSR count). The molecule has 1 aromatic rings. The van der Waals surface area contributed by atoms with Gasteiger partial charge in [-0.05, 0) is 43.2 Å². The van der Waals surface area contributed by atoms with Crippen LogP contribution in [0.25, 0.3) is 0 Å². The first-order chi connectivity index (χ1) is 10.8. The van der Waals surface area contributed by atoms with Gasteiger partial charge in [0, 0.05) is 24.9 Å². The van der Waals surface area contributed by atoms with Crippen molar-refractivity contribution in [3.63, 3.8) is 0 Å². The third-order valence-corrected chi connectivity index (χ3v) is 6.33. The molecule has 0 bridgehead atoms. The molecule has 0 spiro atoms. The van der Waals surface area contributed by atoms with Crippen molar-refractivity contribution in [3.8, 4) is 0 Å². The average molecular weight is 484 g/mol. The molecule has 1 unspecified atom stereocenters. The molecule has 1 aliphatic rings. The number of nitrogens with two attached hydrogens (primary N) is 1. The molecule has 9 heteroatoms. The molecule has 24 heavy (non-hydrogen) atoms. The van der Waals surface area contributed by atoms with Crippen LogP contribution in [0.15, 0.2) is 34.2 Å². The summed E-state index contributed by atoms with van der Waals surface area (Å²) in [5.74, 6) is 1.97. The zero-order valence-corrected chi connectivity index (χ0v) is 17.9. The lowest BCUT2D eigenvalue weighted by molar-refractivity contribution is 0.584. The number of primary sulfonamides is 1. The van der Waals surface area contributed by atoms with E-state index in [1.807, 2.05) is 11.8 Å². The second-order valence-corrected chi connectivity index (χ2v) is 9.11. The zero-order chi connectivity index (χ0) is 16.9. The summed E-state index contributed by atoms with van der Waals surface area (Å²) in [5.41, 5.74) is 0.960. The van der Waals surface area contributed by atoms with Crippen LogP contribution in [0.4, 0.5) is 0 Å². The molecule has 0 saturated carbocycles. The smallest absolute Gasteiger partial charge is 0.238 e. The number of guanidine groups is 1. The van der Waals surface area contributed by atoms with Crippen LogP contribution in [0.1, 0.15) is 25.3 Å². The maximum atomic E-state index is 11.2. The number of rotatable bonds is 5. The van der Waals surface area contributed by atoms with E-state index in [0.29, 0.717) is 6.54 Å². The largest absolute Gasteiger partial charge is 0.355 e. The summed E-state index contributed by atoms with van der Waals surface area (Å²) < 4.78 is 22.7. The fourth-order valence-corrected chi connectivity index (χ4v) is 4.21. The molecular formula is C15H25IN4O2S2. The minimum atomic E-state index is -3.64. The van der Waals surface area contributed by atoms with Crippen molar-refractivity contribution < 1.29 is 8.42 Å². The van der Waals surface area contributed by atoms with Gasteiger partial charge in [0.25, 0.3) is 0 Å². The highest BCUT2D eigenvalue weighted by atomic mass is 127. The normalized spacial score (nSPS) is 21.2. The molecule has 1 heterocycles. The average Bonchev–Trinajstić information content (AvgIpc) is 2.94. The lowest BCUT2D eigenvalue weighted by Gasteiger charge is -2.24. The van der Waals surface area contributed by atoms with E-state index < -0.39 is 10.0 Å². The van der Waals surface area contributed by atoms with Crippen LogP contribution in [0.2, 0.25) is 0 Å². The van der Waals surface area contributed by atoms with E-state index in [4.69, 9.17) is 5.14 Å². The Kier molecular flexibility index (Phi) is 8.30. The van der Waals surface area contributed by atoms with E-state index in [-0.39, 0.29) is 33.6 Å². The van der Waals surface area contributed by atoms with Crippen molar-refractivity contribution in [2.24, 2.45) is 10.1 Å². The molecule has 4 N–H and O–H groups in total. The van der Waals surface area contributed by atoms with Gasteiger partial charge in [0.2, 0.25) is 10.0 Å². The summed E-state index contributed by atoms with van der Waals surface area (Å²) in [6.07, 6.45) is 2.49. The van der Waals surface area contributed by atoms with Gasteiger partial charge < -0.3 is 10.6 Å². The second-order valence-electron chi connectivity index (χ2n) is 5.87. The van der Waals surface area contributed by atoms with Crippen molar-refractivity contribution in [2.45, 2.75) is 36.0 Å². The first-order valence-corrected chi connectivity index (χ1v) is 10.1. The highest BCUT2D eigenvalue weighted by Gasteiger charge is 2.29. The lowest BCUT2D eigenvalue weighted by atomic mass is 10.1. The predicted octanol–water partition coefficient (Wildman–Crippen LogP) is 1.90. The van der Waals surface area contributed by atoms with E-state index in [2.05, 4.69) is 22.5 Å². The van der Waals surface area contributed by atoms with Crippen molar-refractivity contribution >= 4 is 51.7 Å². The standard InChI is InChI=1S/C15H24N4O2S2.HI/c1-15(8-3-9-22-15)11-19-14(17-2)18-10-12-4-6-13(7-5-12)23(16,20)21;/h4-7H,3,8-11H2,1-2H3,(H2,16,20,21)(H2,17,18,19);1H. The Morgan fingerprint density at radius 1 is 1.33 bits per heavy atom. The number of halogens is 1. The number of nitrogens with zero attached hydrogens (tertiary/aromatic N) is 1. The molecule has 0 aliphatic carbocycles. The van der Waals surface area contributed by atoms with Crippen LogP contribution < -0.4 is 15.8 Å². The highest BCUT2D eigenvalue weighted by Crippen LogP contribution is 2.36. The fraction of sp³-hybridized carbons (Fsp3) is 0.533. The van der Waals surface area contributed by atoms with Crippen LogP contribution in [0, 0.1) is 0 Å². The molecule has 1 aromatic carbocycles. The van der Waals surface area contributed by atoms with Gasteiger partial charge in [-0.2, -0.15) is 11.8 Å². The first-order valence-electron chi connectivity index (χ1n) is 7.53. The summed E-state index contributed by atoms with van der Waals surface area (Å²) in [6, 6.07) is 6.51. The molecule has 1 aliphatic heterocycles. The van der Waals surface area contributed by atoms with Gasteiger partial charge in [0.15, 0.2) is 5.96 Å². The Morgan fingerprint density at radius 2 is 2.00 bits per heavy atom. The predicted molar refractivity (Wildman–Crippen MR) is 112 cm³/mol. The Bertz CT molecular complexity index is 657. The van der Waals surface area contributed by atoms with Gasteiger partial charge in [0.05, 0.1) is 4.90 Å². The van der Waals surface area contributed by atoms with Crippen LogP contribution >= 0.6 is 35.7 Å². The second kappa shape index (κ2) is 9.25. The van der Waals surface area contributed by atoms with Crippen molar-refractivity contribution in [1.29, 1.82) is 0 Å². The molecule has 0 radical (unpaired) electrons. The number of hydrogen-bond donors (Lipinski definition) is 3. The Balaban J connectivity index is 0.00000288. The molecular weight excluding hydrogens is 459 g/mol. The summed E-state index contributed by atoms with van der Waals surface area (Å²) in [7, 11) is -1.90. The van der Waals surface area contributed by atoms with Gasteiger partial charge in [-0.1, -0.05) is 12.1 Å². The Hall–Kier alpha value is -0.520. The van der Waals surface area contributed by atoms with Crippen LogP contribution in [0.3, 0.4) is 0 Å². The van der Waals surface area contributed by atoms with Gasteiger partial charge in [0.1, 0.15) is 0 Å². The maximum absolute atomic E-state index is 11.2. The molecule has 136 valence electrons. The van der Waals surface area contributed by atoms with Crippen molar-refractivity contribution in [2.75, 3.05) is 19.3 Å². The number of sulfonamides is 1. The summed E-state index contributed by atoms with van der Waals surface area (Å²) in [4.78, 5) is 4.34. The highest BCUT2D eigenvalue weighted by molar-refractivity contribution is 14.0. The SMILES string of the molecule is CN=C(NCc1ccc(S(N)(=O)=O)cc1)NCC1(C)CCCS1.I. The van der Waals surface area contributed by atoms with Crippen LogP contribution in [-0.2, 0) is 16.6 Å². The number of benzene rings is 1. The quantitative estimate of drug-likeness (QED) is 0.337. The van der Waals surface area contributed by atoms with E-state index in [1.54, 1.807) is 19.2 Å². The topological polar surface area (TPSA) is 96.6 Å².